The van der Waals surface area contributed by atoms with Crippen LogP contribution in [0.25, 0.3) is 22.6 Å². The molecule has 37 heavy (non-hydrogen) atoms. The number of hydrogen-bond acceptors (Lipinski definition) is 5. The number of para-hydroxylation sites is 1. The first-order chi connectivity index (χ1) is 18.1. The van der Waals surface area contributed by atoms with Crippen LogP contribution < -0.4 is 5.32 Å². The lowest BCUT2D eigenvalue weighted by molar-refractivity contribution is -0.384. The SMILES string of the molecule is O=C(Cc1cn(-c2ccccc2)nc1-c1ccc([N+](=O)[O-])cc1)NCCc1ccc(-n2cccn2)cc1. The maximum atomic E-state index is 12.8. The zero-order chi connectivity index (χ0) is 25.6. The highest BCUT2D eigenvalue weighted by Gasteiger charge is 2.16. The monoisotopic (exact) mass is 492 g/mol. The van der Waals surface area contributed by atoms with Crippen LogP contribution in [-0.4, -0.2) is 36.9 Å². The Kier molecular flexibility index (Phi) is 6.84. The van der Waals surface area contributed by atoms with E-state index in [1.165, 1.54) is 12.1 Å². The van der Waals surface area contributed by atoms with Gasteiger partial charge in [0.05, 0.1) is 28.4 Å². The predicted octanol–water partition coefficient (Wildman–Crippen LogP) is 4.53. The second kappa shape index (κ2) is 10.7. The number of nitro groups is 1. The number of nitro benzene ring substituents is 1. The van der Waals surface area contributed by atoms with Gasteiger partial charge in [-0.05, 0) is 54.4 Å². The van der Waals surface area contributed by atoms with Crippen molar-refractivity contribution in [2.24, 2.45) is 0 Å². The van der Waals surface area contributed by atoms with Crippen molar-refractivity contribution in [2.75, 3.05) is 6.54 Å². The smallest absolute Gasteiger partial charge is 0.269 e. The fraction of sp³-hybridized carbons (Fsp3) is 0.107. The molecular formula is C28H24N6O3. The first kappa shape index (κ1) is 23.7. The van der Waals surface area contributed by atoms with E-state index in [4.69, 9.17) is 5.10 Å². The highest BCUT2D eigenvalue weighted by atomic mass is 16.6. The number of nitrogens with one attached hydrogen (secondary N) is 1. The number of carbonyl (C=O) groups excluding carboxylic acids is 1. The summed E-state index contributed by atoms with van der Waals surface area (Å²) in [6.45, 7) is 0.500. The second-order valence-electron chi connectivity index (χ2n) is 8.48. The van der Waals surface area contributed by atoms with Crippen LogP contribution >= 0.6 is 0 Å². The van der Waals surface area contributed by atoms with Crippen LogP contribution in [0.1, 0.15) is 11.1 Å². The zero-order valence-electron chi connectivity index (χ0n) is 19.9. The third-order valence-electron chi connectivity index (χ3n) is 5.95. The maximum Gasteiger partial charge on any atom is 0.269 e. The summed E-state index contributed by atoms with van der Waals surface area (Å²) in [6, 6.07) is 25.7. The average molecular weight is 493 g/mol. The molecule has 5 rings (SSSR count). The molecule has 0 unspecified atom stereocenters. The molecule has 0 saturated heterocycles. The summed E-state index contributed by atoms with van der Waals surface area (Å²) >= 11 is 0. The third kappa shape index (κ3) is 5.62. The topological polar surface area (TPSA) is 108 Å². The number of nitrogens with zero attached hydrogens (tertiary/aromatic N) is 5. The molecule has 0 fully saturated rings. The number of carbonyl (C=O) groups is 1. The van der Waals surface area contributed by atoms with E-state index in [9.17, 15) is 14.9 Å². The zero-order valence-corrected chi connectivity index (χ0v) is 19.9. The van der Waals surface area contributed by atoms with Gasteiger partial charge in [0.1, 0.15) is 0 Å². The summed E-state index contributed by atoms with van der Waals surface area (Å²) in [5.41, 5.74) is 5.01. The van der Waals surface area contributed by atoms with Gasteiger partial charge in [-0.3, -0.25) is 14.9 Å². The van der Waals surface area contributed by atoms with Gasteiger partial charge >= 0.3 is 0 Å². The Bertz CT molecular complexity index is 1490. The largest absolute Gasteiger partial charge is 0.355 e. The molecule has 1 N–H and O–H groups in total. The van der Waals surface area contributed by atoms with Gasteiger partial charge in [-0.25, -0.2) is 9.36 Å². The van der Waals surface area contributed by atoms with Crippen LogP contribution in [0.15, 0.2) is 104 Å². The van der Waals surface area contributed by atoms with Crippen molar-refractivity contribution in [3.63, 3.8) is 0 Å². The Morgan fingerprint density at radius 3 is 2.30 bits per heavy atom. The minimum Gasteiger partial charge on any atom is -0.355 e. The second-order valence-corrected chi connectivity index (χ2v) is 8.48. The van der Waals surface area contributed by atoms with Gasteiger partial charge in [-0.15, -0.1) is 0 Å². The molecule has 184 valence electrons. The molecule has 0 atom stereocenters. The predicted molar refractivity (Wildman–Crippen MR) is 140 cm³/mol. The number of aromatic nitrogens is 4. The lowest BCUT2D eigenvalue weighted by Gasteiger charge is -2.07. The Labute approximate surface area is 213 Å². The van der Waals surface area contributed by atoms with Gasteiger partial charge < -0.3 is 5.32 Å². The summed E-state index contributed by atoms with van der Waals surface area (Å²) < 4.78 is 3.52. The standard InChI is InChI=1S/C28H24N6O3/c35-27(29-17-15-21-7-11-25(12-8-21)32-18-4-16-30-32)19-23-20-33(24-5-2-1-3-6-24)31-28(23)22-9-13-26(14-10-22)34(36)37/h1-14,16,18,20H,15,17,19H2,(H,29,35). The Hall–Kier alpha value is -5.05. The molecule has 0 bridgehead atoms. The van der Waals surface area contributed by atoms with Crippen LogP contribution in [0.4, 0.5) is 5.69 Å². The molecule has 5 aromatic rings. The Balaban J connectivity index is 1.27. The van der Waals surface area contributed by atoms with Crippen molar-refractivity contribution < 1.29 is 9.72 Å². The summed E-state index contributed by atoms with van der Waals surface area (Å²) in [4.78, 5) is 23.4. The first-order valence-electron chi connectivity index (χ1n) is 11.8. The molecule has 0 aliphatic heterocycles. The molecular weight excluding hydrogens is 468 g/mol. The summed E-state index contributed by atoms with van der Waals surface area (Å²) in [6.07, 6.45) is 6.29. The van der Waals surface area contributed by atoms with Crippen LogP contribution in [0.3, 0.4) is 0 Å². The molecule has 0 spiro atoms. The van der Waals surface area contributed by atoms with Gasteiger partial charge in [0.15, 0.2) is 0 Å². The van der Waals surface area contributed by atoms with Crippen LogP contribution in [0.5, 0.6) is 0 Å². The molecule has 9 nitrogen and oxygen atoms in total. The van der Waals surface area contributed by atoms with Crippen LogP contribution in [0.2, 0.25) is 0 Å². The van der Waals surface area contributed by atoms with E-state index >= 15 is 0 Å². The molecule has 0 saturated carbocycles. The molecule has 0 aliphatic carbocycles. The first-order valence-corrected chi connectivity index (χ1v) is 11.8. The Morgan fingerprint density at radius 2 is 1.62 bits per heavy atom. The fourth-order valence-electron chi connectivity index (χ4n) is 4.05. The molecule has 0 radical (unpaired) electrons. The summed E-state index contributed by atoms with van der Waals surface area (Å²) in [7, 11) is 0. The molecule has 0 aliphatic rings. The quantitative estimate of drug-likeness (QED) is 0.240. The van der Waals surface area contributed by atoms with Gasteiger partial charge in [0.2, 0.25) is 5.91 Å². The molecule has 1 amide bonds. The van der Waals surface area contributed by atoms with E-state index < -0.39 is 4.92 Å². The van der Waals surface area contributed by atoms with Gasteiger partial charge in [-0.2, -0.15) is 10.2 Å². The number of amides is 1. The maximum absolute atomic E-state index is 12.8. The number of benzene rings is 3. The van der Waals surface area contributed by atoms with Crippen molar-refractivity contribution >= 4 is 11.6 Å². The van der Waals surface area contributed by atoms with Gasteiger partial charge in [0.25, 0.3) is 5.69 Å². The van der Waals surface area contributed by atoms with Gasteiger partial charge in [0, 0.05) is 48.4 Å². The van der Waals surface area contributed by atoms with E-state index in [2.05, 4.69) is 10.4 Å². The minimum absolute atomic E-state index is 0.00295. The fourth-order valence-corrected chi connectivity index (χ4v) is 4.05. The third-order valence-corrected chi connectivity index (χ3v) is 5.95. The molecule has 2 aromatic heterocycles. The van der Waals surface area contributed by atoms with Crippen molar-refractivity contribution in [1.82, 2.24) is 24.9 Å². The molecule has 3 aromatic carbocycles. The number of rotatable bonds is 9. The van der Waals surface area contributed by atoms with E-state index in [-0.39, 0.29) is 18.0 Å². The van der Waals surface area contributed by atoms with E-state index in [1.807, 2.05) is 73.1 Å². The van der Waals surface area contributed by atoms with Crippen LogP contribution in [0, 0.1) is 10.1 Å². The lowest BCUT2D eigenvalue weighted by atomic mass is 10.1. The van der Waals surface area contributed by atoms with E-state index in [0.29, 0.717) is 24.2 Å². The van der Waals surface area contributed by atoms with Crippen LogP contribution in [-0.2, 0) is 17.6 Å². The van der Waals surface area contributed by atoms with Gasteiger partial charge in [-0.1, -0.05) is 30.3 Å². The molecule has 9 heteroatoms. The normalized spacial score (nSPS) is 10.8. The van der Waals surface area contributed by atoms with Crippen molar-refractivity contribution in [3.8, 4) is 22.6 Å². The van der Waals surface area contributed by atoms with Crippen molar-refractivity contribution in [3.05, 3.63) is 125 Å². The number of hydrogen-bond donors (Lipinski definition) is 1. The summed E-state index contributed by atoms with van der Waals surface area (Å²) in [5.74, 6) is -0.121. The van der Waals surface area contributed by atoms with E-state index in [1.54, 1.807) is 27.7 Å². The minimum atomic E-state index is -0.439. The van der Waals surface area contributed by atoms with E-state index in [0.717, 1.165) is 22.5 Å². The van der Waals surface area contributed by atoms with Crippen molar-refractivity contribution in [2.45, 2.75) is 12.8 Å². The number of non-ortho nitro benzene ring substituents is 1. The van der Waals surface area contributed by atoms with Crippen molar-refractivity contribution in [1.29, 1.82) is 0 Å². The molecule has 2 heterocycles. The summed E-state index contributed by atoms with van der Waals surface area (Å²) in [5, 5.41) is 23.0. The highest BCUT2D eigenvalue weighted by Crippen LogP contribution is 2.26. The average Bonchev–Trinajstić information content (AvgIpc) is 3.61. The Morgan fingerprint density at radius 1 is 0.892 bits per heavy atom. The highest BCUT2D eigenvalue weighted by molar-refractivity contribution is 5.81. The lowest BCUT2D eigenvalue weighted by Crippen LogP contribution is -2.27.